The van der Waals surface area contributed by atoms with Gasteiger partial charge in [0.2, 0.25) is 0 Å². The predicted octanol–water partition coefficient (Wildman–Crippen LogP) is 3.69. The zero-order valence-corrected chi connectivity index (χ0v) is 9.42. The van der Waals surface area contributed by atoms with Gasteiger partial charge < -0.3 is 5.32 Å². The zero-order chi connectivity index (χ0) is 10.3. The van der Waals surface area contributed by atoms with E-state index in [2.05, 4.69) is 30.4 Å². The Balaban J connectivity index is 1.90. The number of hydrogen-bond acceptors (Lipinski definition) is 1. The highest BCUT2D eigenvalue weighted by atomic mass is 14.9. The number of hydrogen-bond donors (Lipinski definition) is 1. The van der Waals surface area contributed by atoms with E-state index in [1.807, 2.05) is 0 Å². The highest BCUT2D eigenvalue weighted by Gasteiger charge is 2.31. The van der Waals surface area contributed by atoms with Crippen LogP contribution in [0.5, 0.6) is 0 Å². The van der Waals surface area contributed by atoms with E-state index in [0.717, 1.165) is 11.8 Å². The minimum absolute atomic E-state index is 0.795. The van der Waals surface area contributed by atoms with Crippen molar-refractivity contribution in [2.75, 3.05) is 11.9 Å². The fourth-order valence-electron chi connectivity index (χ4n) is 3.26. The van der Waals surface area contributed by atoms with E-state index in [1.54, 1.807) is 5.56 Å². The molecule has 1 nitrogen and oxygen atoms in total. The Morgan fingerprint density at radius 1 is 1.20 bits per heavy atom. The summed E-state index contributed by atoms with van der Waals surface area (Å²) in [4.78, 5) is 0. The second-order valence-electron chi connectivity index (χ2n) is 5.12. The van der Waals surface area contributed by atoms with Crippen molar-refractivity contribution in [3.8, 4) is 0 Å². The molecule has 15 heavy (non-hydrogen) atoms. The number of anilines is 1. The van der Waals surface area contributed by atoms with Gasteiger partial charge >= 0.3 is 0 Å². The normalized spacial score (nSPS) is 25.3. The average Bonchev–Trinajstić information content (AvgIpc) is 2.82. The first-order valence-electron chi connectivity index (χ1n) is 6.19. The van der Waals surface area contributed by atoms with Gasteiger partial charge in [-0.15, -0.1) is 0 Å². The Hall–Kier alpha value is -0.980. The van der Waals surface area contributed by atoms with Gasteiger partial charge in [0, 0.05) is 18.2 Å². The largest absolute Gasteiger partial charge is 0.384 e. The highest BCUT2D eigenvalue weighted by molar-refractivity contribution is 5.59. The van der Waals surface area contributed by atoms with Gasteiger partial charge in [0.05, 0.1) is 0 Å². The van der Waals surface area contributed by atoms with Crippen LogP contribution in [0.1, 0.15) is 42.7 Å². The smallest absolute Gasteiger partial charge is 0.0379 e. The molecule has 0 bridgehead atoms. The average molecular weight is 201 g/mol. The third kappa shape index (κ3) is 1.54. The van der Waals surface area contributed by atoms with Crippen LogP contribution >= 0.6 is 0 Å². The van der Waals surface area contributed by atoms with Crippen molar-refractivity contribution in [3.05, 3.63) is 29.3 Å². The minimum atomic E-state index is 0.795. The lowest BCUT2D eigenvalue weighted by Crippen LogP contribution is -2.11. The molecular weight excluding hydrogens is 182 g/mol. The quantitative estimate of drug-likeness (QED) is 0.730. The lowest BCUT2D eigenvalue weighted by Gasteiger charge is -2.17. The molecule has 1 N–H and O–H groups in total. The lowest BCUT2D eigenvalue weighted by molar-refractivity contribution is 0.460. The molecule has 0 aromatic heterocycles. The fraction of sp³-hybridized carbons (Fsp3) is 0.571. The summed E-state index contributed by atoms with van der Waals surface area (Å²) in [7, 11) is 0. The standard InChI is InChI=1S/C14H19N/c1-10-6-7-12-13(9-15-14(12)8-10)11-4-2-3-5-11/h6-8,11,13,15H,2-5,9H2,1H3. The summed E-state index contributed by atoms with van der Waals surface area (Å²) >= 11 is 0. The van der Waals surface area contributed by atoms with Crippen molar-refractivity contribution in [3.63, 3.8) is 0 Å². The molecular formula is C14H19N. The molecule has 1 fully saturated rings. The van der Waals surface area contributed by atoms with Crippen molar-refractivity contribution >= 4 is 5.69 Å². The van der Waals surface area contributed by atoms with E-state index in [9.17, 15) is 0 Å². The molecule has 1 aromatic carbocycles. The van der Waals surface area contributed by atoms with Gasteiger partial charge in [-0.2, -0.15) is 0 Å². The molecule has 0 saturated heterocycles. The van der Waals surface area contributed by atoms with Gasteiger partial charge in [0.25, 0.3) is 0 Å². The molecule has 1 unspecified atom stereocenters. The van der Waals surface area contributed by atoms with E-state index >= 15 is 0 Å². The Kier molecular flexibility index (Phi) is 2.19. The van der Waals surface area contributed by atoms with E-state index in [4.69, 9.17) is 0 Å². The molecule has 0 amide bonds. The van der Waals surface area contributed by atoms with Crippen LogP contribution in [0.4, 0.5) is 5.69 Å². The number of aryl methyl sites for hydroxylation is 1. The second kappa shape index (κ2) is 3.55. The first kappa shape index (κ1) is 9.26. The summed E-state index contributed by atoms with van der Waals surface area (Å²) in [6, 6.07) is 6.89. The number of nitrogens with one attached hydrogen (secondary N) is 1. The van der Waals surface area contributed by atoms with E-state index in [1.165, 1.54) is 43.5 Å². The van der Waals surface area contributed by atoms with Crippen LogP contribution < -0.4 is 5.32 Å². The highest BCUT2D eigenvalue weighted by Crippen LogP contribution is 2.43. The maximum Gasteiger partial charge on any atom is 0.0379 e. The van der Waals surface area contributed by atoms with Gasteiger partial charge in [-0.05, 0) is 42.9 Å². The van der Waals surface area contributed by atoms with Gasteiger partial charge in [-0.3, -0.25) is 0 Å². The molecule has 80 valence electrons. The second-order valence-corrected chi connectivity index (χ2v) is 5.12. The summed E-state index contributed by atoms with van der Waals surface area (Å²) in [5.74, 6) is 1.74. The van der Waals surface area contributed by atoms with Gasteiger partial charge in [0.15, 0.2) is 0 Å². The SMILES string of the molecule is Cc1ccc2c(c1)NCC2C1CCCC1. The molecule has 2 aliphatic rings. The van der Waals surface area contributed by atoms with Crippen molar-refractivity contribution in [2.45, 2.75) is 38.5 Å². The molecule has 3 rings (SSSR count). The summed E-state index contributed by atoms with van der Waals surface area (Å²) in [6.07, 6.45) is 5.78. The molecule has 0 spiro atoms. The molecule has 1 heteroatoms. The lowest BCUT2D eigenvalue weighted by atomic mass is 9.86. The molecule has 1 heterocycles. The van der Waals surface area contributed by atoms with Crippen molar-refractivity contribution in [1.29, 1.82) is 0 Å². The van der Waals surface area contributed by atoms with E-state index in [-0.39, 0.29) is 0 Å². The molecule has 1 atom stereocenters. The summed E-state index contributed by atoms with van der Waals surface area (Å²) in [5, 5.41) is 3.57. The Bertz CT molecular complexity index is 364. The van der Waals surface area contributed by atoms with Crippen molar-refractivity contribution in [1.82, 2.24) is 0 Å². The third-order valence-electron chi connectivity index (χ3n) is 4.09. The molecule has 0 radical (unpaired) electrons. The Morgan fingerprint density at radius 3 is 2.80 bits per heavy atom. The molecule has 1 aliphatic carbocycles. The number of fused-ring (bicyclic) bond motifs is 1. The fourth-order valence-corrected chi connectivity index (χ4v) is 3.26. The van der Waals surface area contributed by atoms with Gasteiger partial charge in [0.1, 0.15) is 0 Å². The number of benzene rings is 1. The van der Waals surface area contributed by atoms with Gasteiger partial charge in [-0.25, -0.2) is 0 Å². The van der Waals surface area contributed by atoms with E-state index < -0.39 is 0 Å². The maximum absolute atomic E-state index is 3.57. The van der Waals surface area contributed by atoms with Crippen LogP contribution in [0, 0.1) is 12.8 Å². The number of rotatable bonds is 1. The van der Waals surface area contributed by atoms with E-state index in [0.29, 0.717) is 0 Å². The summed E-state index contributed by atoms with van der Waals surface area (Å²) in [6.45, 7) is 3.34. The summed E-state index contributed by atoms with van der Waals surface area (Å²) < 4.78 is 0. The van der Waals surface area contributed by atoms with Crippen molar-refractivity contribution < 1.29 is 0 Å². The maximum atomic E-state index is 3.57. The van der Waals surface area contributed by atoms with Crippen LogP contribution in [-0.2, 0) is 0 Å². The first-order chi connectivity index (χ1) is 7.34. The molecule has 1 saturated carbocycles. The summed E-state index contributed by atoms with van der Waals surface area (Å²) in [5.41, 5.74) is 4.34. The third-order valence-corrected chi connectivity index (χ3v) is 4.09. The zero-order valence-electron chi connectivity index (χ0n) is 9.42. The molecule has 1 aliphatic heterocycles. The van der Waals surface area contributed by atoms with Gasteiger partial charge in [-0.1, -0.05) is 25.0 Å². The Labute approximate surface area is 91.9 Å². The molecule has 1 aromatic rings. The van der Waals surface area contributed by atoms with Crippen LogP contribution in [-0.4, -0.2) is 6.54 Å². The topological polar surface area (TPSA) is 12.0 Å². The van der Waals surface area contributed by atoms with Crippen LogP contribution in [0.2, 0.25) is 0 Å². The monoisotopic (exact) mass is 201 g/mol. The van der Waals surface area contributed by atoms with Crippen LogP contribution in [0.3, 0.4) is 0 Å². The van der Waals surface area contributed by atoms with Crippen LogP contribution in [0.15, 0.2) is 18.2 Å². The van der Waals surface area contributed by atoms with Crippen LogP contribution in [0.25, 0.3) is 0 Å². The van der Waals surface area contributed by atoms with Crippen molar-refractivity contribution in [2.24, 2.45) is 5.92 Å². The predicted molar refractivity (Wildman–Crippen MR) is 64.4 cm³/mol. The Morgan fingerprint density at radius 2 is 2.00 bits per heavy atom. The minimum Gasteiger partial charge on any atom is -0.384 e. The first-order valence-corrected chi connectivity index (χ1v) is 6.19.